The number of esters is 1. The van der Waals surface area contributed by atoms with Crippen LogP contribution in [0.2, 0.25) is 0 Å². The summed E-state index contributed by atoms with van der Waals surface area (Å²) >= 11 is 0. The number of piperidine rings is 1. The molecule has 0 bridgehead atoms. The Morgan fingerprint density at radius 2 is 1.78 bits per heavy atom. The number of hydrogen-bond donors (Lipinski definition) is 0. The van der Waals surface area contributed by atoms with Crippen LogP contribution in [0, 0.1) is 11.3 Å². The molecule has 23 heavy (non-hydrogen) atoms. The highest BCUT2D eigenvalue weighted by molar-refractivity contribution is 7.89. The first kappa shape index (κ1) is 17.2. The number of rotatable bonds is 4. The summed E-state index contributed by atoms with van der Waals surface area (Å²) in [5.74, 6) is -0.174. The molecule has 3 atom stereocenters. The summed E-state index contributed by atoms with van der Waals surface area (Å²) < 4.78 is 37.8. The maximum Gasteiger partial charge on any atom is 0.309 e. The first-order chi connectivity index (χ1) is 10.9. The van der Waals surface area contributed by atoms with E-state index in [0.717, 1.165) is 38.5 Å². The van der Waals surface area contributed by atoms with Crippen LogP contribution in [0.15, 0.2) is 0 Å². The van der Waals surface area contributed by atoms with E-state index in [1.54, 1.807) is 11.4 Å². The smallest absolute Gasteiger partial charge is 0.309 e. The third-order valence-corrected chi connectivity index (χ3v) is 8.47. The van der Waals surface area contributed by atoms with Gasteiger partial charge >= 0.3 is 5.97 Å². The third-order valence-electron chi connectivity index (χ3n) is 6.08. The minimum atomic E-state index is -3.32. The topological polar surface area (TPSA) is 72.9 Å². The molecule has 2 saturated carbocycles. The number of carbonyl (C=O) groups excluding carboxylic acids is 1. The van der Waals surface area contributed by atoms with Crippen molar-refractivity contribution in [3.05, 3.63) is 0 Å². The van der Waals surface area contributed by atoms with Crippen LogP contribution in [0.25, 0.3) is 0 Å². The molecule has 0 aromatic carbocycles. The highest BCUT2D eigenvalue weighted by Gasteiger charge is 2.60. The number of ether oxygens (including phenoxy) is 2. The molecule has 0 aromatic heterocycles. The van der Waals surface area contributed by atoms with Crippen molar-refractivity contribution < 1.29 is 22.7 Å². The maximum atomic E-state index is 13.0. The number of hydrogen-bond acceptors (Lipinski definition) is 5. The van der Waals surface area contributed by atoms with Gasteiger partial charge in [-0.3, -0.25) is 4.79 Å². The molecule has 1 heterocycles. The largest absolute Gasteiger partial charge is 0.469 e. The van der Waals surface area contributed by atoms with Gasteiger partial charge in [-0.25, -0.2) is 12.7 Å². The fourth-order valence-corrected chi connectivity index (χ4v) is 6.60. The number of carbonyl (C=O) groups is 1. The molecule has 0 aromatic rings. The standard InChI is InChI=1S/C16H27NO5S/c1-21-13-5-3-4-6-14(13)23(19,20)17-9-7-16(8-10-17)11-12(16)15(18)22-2/h12-14H,3-11H2,1-2H3/t12?,13-,14+/m0/s1. The van der Waals surface area contributed by atoms with Crippen molar-refractivity contribution in [1.82, 2.24) is 4.31 Å². The minimum absolute atomic E-state index is 0.00760. The molecule has 1 unspecified atom stereocenters. The van der Waals surface area contributed by atoms with Crippen molar-refractivity contribution in [2.45, 2.75) is 56.3 Å². The number of methoxy groups -OCH3 is 2. The van der Waals surface area contributed by atoms with Gasteiger partial charge in [0, 0.05) is 20.2 Å². The third kappa shape index (κ3) is 3.03. The van der Waals surface area contributed by atoms with Gasteiger partial charge in [0.15, 0.2) is 0 Å². The zero-order chi connectivity index (χ0) is 16.7. The SMILES string of the molecule is COC(=O)C1CC12CCN(S(=O)(=O)[C@@H]1CCCC[C@@H]1OC)CC2. The normalized spacial score (nSPS) is 34.3. The van der Waals surface area contributed by atoms with Crippen molar-refractivity contribution in [3.63, 3.8) is 0 Å². The lowest BCUT2D eigenvalue weighted by atomic mass is 9.92. The van der Waals surface area contributed by atoms with E-state index in [1.165, 1.54) is 7.11 Å². The number of nitrogens with zero attached hydrogens (tertiary/aromatic N) is 1. The summed E-state index contributed by atoms with van der Waals surface area (Å²) in [6.45, 7) is 1.03. The first-order valence-electron chi connectivity index (χ1n) is 8.54. The summed E-state index contributed by atoms with van der Waals surface area (Å²) in [6, 6.07) is 0. The molecule has 1 saturated heterocycles. The molecule has 6 nitrogen and oxygen atoms in total. The Labute approximate surface area is 138 Å². The van der Waals surface area contributed by atoms with E-state index in [2.05, 4.69) is 0 Å². The van der Waals surface area contributed by atoms with E-state index in [1.807, 2.05) is 0 Å². The lowest BCUT2D eigenvalue weighted by Gasteiger charge is -2.37. The summed E-state index contributed by atoms with van der Waals surface area (Å²) in [4.78, 5) is 11.7. The van der Waals surface area contributed by atoms with Gasteiger partial charge in [-0.2, -0.15) is 0 Å². The second-order valence-corrected chi connectivity index (χ2v) is 9.34. The fourth-order valence-electron chi connectivity index (χ4n) is 4.43. The highest BCUT2D eigenvalue weighted by Crippen LogP contribution is 2.60. The maximum absolute atomic E-state index is 13.0. The van der Waals surface area contributed by atoms with Crippen LogP contribution in [0.1, 0.15) is 44.9 Å². The van der Waals surface area contributed by atoms with E-state index < -0.39 is 15.3 Å². The molecule has 0 amide bonds. The Bertz CT molecular complexity index is 553. The molecule has 0 N–H and O–H groups in total. The quantitative estimate of drug-likeness (QED) is 0.723. The van der Waals surface area contributed by atoms with Gasteiger partial charge in [0.1, 0.15) is 5.25 Å². The van der Waals surface area contributed by atoms with Gasteiger partial charge in [0.05, 0.1) is 19.1 Å². The van der Waals surface area contributed by atoms with Gasteiger partial charge in [-0.1, -0.05) is 12.8 Å². The molecule has 3 fully saturated rings. The molecule has 0 radical (unpaired) electrons. The average molecular weight is 345 g/mol. The van der Waals surface area contributed by atoms with Crippen LogP contribution in [0.3, 0.4) is 0 Å². The van der Waals surface area contributed by atoms with Crippen molar-refractivity contribution in [2.75, 3.05) is 27.3 Å². The average Bonchev–Trinajstić information content (AvgIpc) is 3.27. The summed E-state index contributed by atoms with van der Waals surface area (Å²) in [5, 5.41) is -0.411. The van der Waals surface area contributed by atoms with E-state index in [-0.39, 0.29) is 23.4 Å². The summed E-state index contributed by atoms with van der Waals surface area (Å²) in [6.07, 6.45) is 5.68. The molecular weight excluding hydrogens is 318 g/mol. The van der Waals surface area contributed by atoms with Crippen molar-refractivity contribution in [3.8, 4) is 0 Å². The Morgan fingerprint density at radius 1 is 1.13 bits per heavy atom. The lowest BCUT2D eigenvalue weighted by molar-refractivity contribution is -0.143. The van der Waals surface area contributed by atoms with E-state index >= 15 is 0 Å². The monoisotopic (exact) mass is 345 g/mol. The van der Waals surface area contributed by atoms with Crippen LogP contribution >= 0.6 is 0 Å². The van der Waals surface area contributed by atoms with Crippen LogP contribution in [-0.2, 0) is 24.3 Å². The Hall–Kier alpha value is -0.660. The molecule has 2 aliphatic carbocycles. The van der Waals surface area contributed by atoms with Gasteiger partial charge < -0.3 is 9.47 Å². The van der Waals surface area contributed by atoms with Gasteiger partial charge in [0.25, 0.3) is 0 Å². The van der Waals surface area contributed by atoms with Gasteiger partial charge in [0.2, 0.25) is 10.0 Å². The molecule has 1 aliphatic heterocycles. The molecule has 3 rings (SSSR count). The van der Waals surface area contributed by atoms with Crippen molar-refractivity contribution in [2.24, 2.45) is 11.3 Å². The number of sulfonamides is 1. The van der Waals surface area contributed by atoms with Crippen molar-refractivity contribution >= 4 is 16.0 Å². The minimum Gasteiger partial charge on any atom is -0.469 e. The first-order valence-corrected chi connectivity index (χ1v) is 10.0. The fraction of sp³-hybridized carbons (Fsp3) is 0.938. The Balaban J connectivity index is 1.64. The molecule has 7 heteroatoms. The summed E-state index contributed by atoms with van der Waals surface area (Å²) in [7, 11) is -0.295. The molecular formula is C16H27NO5S. The van der Waals surface area contributed by atoms with Crippen molar-refractivity contribution in [1.29, 1.82) is 0 Å². The zero-order valence-corrected chi connectivity index (χ0v) is 14.8. The van der Waals surface area contributed by atoms with E-state index in [9.17, 15) is 13.2 Å². The highest BCUT2D eigenvalue weighted by atomic mass is 32.2. The lowest BCUT2D eigenvalue weighted by Crippen LogP contribution is -2.49. The predicted octanol–water partition coefficient (Wildman–Crippen LogP) is 1.55. The van der Waals surface area contributed by atoms with Crippen LogP contribution in [0.5, 0.6) is 0 Å². The Kier molecular flexibility index (Phi) is 4.73. The summed E-state index contributed by atoms with van der Waals surface area (Å²) in [5.41, 5.74) is -0.00760. The second-order valence-electron chi connectivity index (χ2n) is 7.18. The van der Waals surface area contributed by atoms with Crippen LogP contribution < -0.4 is 0 Å². The second kappa shape index (κ2) is 6.33. The van der Waals surface area contributed by atoms with E-state index in [0.29, 0.717) is 19.5 Å². The molecule has 1 spiro atoms. The predicted molar refractivity (Wildman–Crippen MR) is 85.3 cm³/mol. The van der Waals surface area contributed by atoms with E-state index in [4.69, 9.17) is 9.47 Å². The van der Waals surface area contributed by atoms with Gasteiger partial charge in [-0.15, -0.1) is 0 Å². The molecule has 3 aliphatic rings. The zero-order valence-electron chi connectivity index (χ0n) is 14.0. The van der Waals surface area contributed by atoms with Crippen LogP contribution in [0.4, 0.5) is 0 Å². The van der Waals surface area contributed by atoms with Gasteiger partial charge in [-0.05, 0) is 37.5 Å². The van der Waals surface area contributed by atoms with Crippen LogP contribution in [-0.4, -0.2) is 57.4 Å². The Morgan fingerprint density at radius 3 is 2.39 bits per heavy atom. The molecule has 132 valence electrons.